The Labute approximate surface area is 183 Å². The van der Waals surface area contributed by atoms with Crippen molar-refractivity contribution in [2.75, 3.05) is 33.3 Å². The summed E-state index contributed by atoms with van der Waals surface area (Å²) in [5, 5.41) is 4.13. The van der Waals surface area contributed by atoms with E-state index in [1.54, 1.807) is 7.11 Å². The molecule has 0 aliphatic carbocycles. The van der Waals surface area contributed by atoms with Gasteiger partial charge in [-0.2, -0.15) is 4.98 Å². The lowest BCUT2D eigenvalue weighted by molar-refractivity contribution is 0.112. The molecule has 0 radical (unpaired) electrons. The fourth-order valence-corrected chi connectivity index (χ4v) is 3.72. The quantitative estimate of drug-likeness (QED) is 0.546. The van der Waals surface area contributed by atoms with Crippen LogP contribution in [0.15, 0.2) is 53.1 Å². The van der Waals surface area contributed by atoms with Crippen LogP contribution in [0.4, 0.5) is 0 Å². The maximum absolute atomic E-state index is 5.82. The predicted octanol–water partition coefficient (Wildman–Crippen LogP) is 3.85. The molecular formula is C24H30N4O3. The molecule has 0 atom stereocenters. The zero-order valence-corrected chi connectivity index (χ0v) is 18.5. The number of benzene rings is 2. The van der Waals surface area contributed by atoms with Crippen LogP contribution in [0.1, 0.15) is 25.3 Å². The number of hydrogen-bond acceptors (Lipinski definition) is 7. The first-order valence-electron chi connectivity index (χ1n) is 10.8. The van der Waals surface area contributed by atoms with E-state index in [0.717, 1.165) is 49.8 Å². The molecular weight excluding hydrogens is 392 g/mol. The molecule has 7 nitrogen and oxygen atoms in total. The van der Waals surface area contributed by atoms with Crippen LogP contribution in [0.25, 0.3) is 11.4 Å². The van der Waals surface area contributed by atoms with E-state index in [1.807, 2.05) is 30.3 Å². The third-order valence-electron chi connectivity index (χ3n) is 5.32. The fourth-order valence-electron chi connectivity index (χ4n) is 3.72. The van der Waals surface area contributed by atoms with Crippen LogP contribution in [0.2, 0.25) is 0 Å². The van der Waals surface area contributed by atoms with Crippen molar-refractivity contribution < 1.29 is 14.0 Å². The van der Waals surface area contributed by atoms with Gasteiger partial charge in [0.2, 0.25) is 11.7 Å². The number of nitrogens with zero attached hydrogens (tertiary/aromatic N) is 4. The Morgan fingerprint density at radius 2 is 1.65 bits per heavy atom. The lowest BCUT2D eigenvalue weighted by Gasteiger charge is -2.34. The Bertz CT molecular complexity index is 963. The van der Waals surface area contributed by atoms with E-state index in [4.69, 9.17) is 14.0 Å². The molecule has 0 bridgehead atoms. The summed E-state index contributed by atoms with van der Waals surface area (Å²) in [4.78, 5) is 9.40. The molecule has 0 amide bonds. The van der Waals surface area contributed by atoms with Crippen molar-refractivity contribution in [2.24, 2.45) is 0 Å². The van der Waals surface area contributed by atoms with Crippen LogP contribution in [0, 0.1) is 0 Å². The van der Waals surface area contributed by atoms with Crippen molar-refractivity contribution in [1.29, 1.82) is 0 Å². The summed E-state index contributed by atoms with van der Waals surface area (Å²) >= 11 is 0. The van der Waals surface area contributed by atoms with E-state index >= 15 is 0 Å². The monoisotopic (exact) mass is 422 g/mol. The second-order valence-corrected chi connectivity index (χ2v) is 8.11. The van der Waals surface area contributed by atoms with Gasteiger partial charge in [0.05, 0.1) is 19.8 Å². The third kappa shape index (κ3) is 5.83. The summed E-state index contributed by atoms with van der Waals surface area (Å²) in [5.41, 5.74) is 2.21. The lowest BCUT2D eigenvalue weighted by atomic mass is 10.2. The van der Waals surface area contributed by atoms with Crippen molar-refractivity contribution >= 4 is 0 Å². The van der Waals surface area contributed by atoms with Gasteiger partial charge in [0, 0.05) is 38.3 Å². The van der Waals surface area contributed by atoms with E-state index in [1.165, 1.54) is 5.56 Å². The predicted molar refractivity (Wildman–Crippen MR) is 119 cm³/mol. The molecule has 0 saturated carbocycles. The third-order valence-corrected chi connectivity index (χ3v) is 5.32. The van der Waals surface area contributed by atoms with Crippen molar-refractivity contribution in [2.45, 2.75) is 33.0 Å². The van der Waals surface area contributed by atoms with Crippen LogP contribution < -0.4 is 9.47 Å². The van der Waals surface area contributed by atoms with Gasteiger partial charge in [-0.1, -0.05) is 17.3 Å². The topological polar surface area (TPSA) is 63.9 Å². The number of ether oxygens (including phenoxy) is 2. The molecule has 0 unspecified atom stereocenters. The molecule has 1 aromatic heterocycles. The number of rotatable bonds is 8. The van der Waals surface area contributed by atoms with E-state index < -0.39 is 0 Å². The van der Waals surface area contributed by atoms with Crippen molar-refractivity contribution in [3.63, 3.8) is 0 Å². The maximum atomic E-state index is 5.82. The van der Waals surface area contributed by atoms with Crippen LogP contribution in [-0.2, 0) is 13.1 Å². The van der Waals surface area contributed by atoms with Gasteiger partial charge in [-0.05, 0) is 55.8 Å². The minimum atomic E-state index is 0.189. The molecule has 1 saturated heterocycles. The Morgan fingerprint density at radius 1 is 0.935 bits per heavy atom. The molecule has 0 N–H and O–H groups in total. The second-order valence-electron chi connectivity index (χ2n) is 8.11. The van der Waals surface area contributed by atoms with E-state index in [-0.39, 0.29) is 6.10 Å². The standard InChI is InChI=1S/C24H30N4O3/c1-18(2)30-22-6-4-5-19(15-22)16-27-11-13-28(14-12-27)17-23-25-24(26-31-23)20-7-9-21(29-3)10-8-20/h4-10,15,18H,11-14,16-17H2,1-3H3. The van der Waals surface area contributed by atoms with Gasteiger partial charge in [-0.3, -0.25) is 9.80 Å². The first kappa shape index (κ1) is 21.3. The van der Waals surface area contributed by atoms with Crippen LogP contribution in [0.3, 0.4) is 0 Å². The fraction of sp³-hybridized carbons (Fsp3) is 0.417. The summed E-state index contributed by atoms with van der Waals surface area (Å²) in [6.45, 7) is 9.68. The van der Waals surface area contributed by atoms with E-state index in [2.05, 4.69) is 52.0 Å². The molecule has 1 aliphatic rings. The van der Waals surface area contributed by atoms with Crippen LogP contribution in [0.5, 0.6) is 11.5 Å². The van der Waals surface area contributed by atoms with Crippen molar-refractivity contribution in [3.8, 4) is 22.9 Å². The van der Waals surface area contributed by atoms with Gasteiger partial charge in [0.25, 0.3) is 0 Å². The zero-order chi connectivity index (χ0) is 21.6. The molecule has 2 aromatic carbocycles. The second kappa shape index (κ2) is 9.94. The van der Waals surface area contributed by atoms with Gasteiger partial charge in [-0.15, -0.1) is 0 Å². The molecule has 1 fully saturated rings. The Kier molecular flexibility index (Phi) is 6.84. The molecule has 2 heterocycles. The highest BCUT2D eigenvalue weighted by Gasteiger charge is 2.20. The number of methoxy groups -OCH3 is 1. The molecule has 164 valence electrons. The molecule has 0 spiro atoms. The average molecular weight is 423 g/mol. The highest BCUT2D eigenvalue weighted by molar-refractivity contribution is 5.55. The summed E-state index contributed by atoms with van der Waals surface area (Å²) in [7, 11) is 1.65. The van der Waals surface area contributed by atoms with Gasteiger partial charge in [0.1, 0.15) is 11.5 Å². The molecule has 31 heavy (non-hydrogen) atoms. The number of hydrogen-bond donors (Lipinski definition) is 0. The minimum Gasteiger partial charge on any atom is -0.497 e. The summed E-state index contributed by atoms with van der Waals surface area (Å²) in [5.74, 6) is 3.01. The Hall–Kier alpha value is -2.90. The van der Waals surface area contributed by atoms with Gasteiger partial charge < -0.3 is 14.0 Å². The van der Waals surface area contributed by atoms with Gasteiger partial charge in [0.15, 0.2) is 0 Å². The molecule has 4 rings (SSSR count). The first-order chi connectivity index (χ1) is 15.1. The van der Waals surface area contributed by atoms with E-state index in [9.17, 15) is 0 Å². The minimum absolute atomic E-state index is 0.189. The molecule has 7 heteroatoms. The number of piperazine rings is 1. The SMILES string of the molecule is COc1ccc(-c2noc(CN3CCN(Cc4cccc(OC(C)C)c4)CC3)n2)cc1. The van der Waals surface area contributed by atoms with E-state index in [0.29, 0.717) is 18.3 Å². The van der Waals surface area contributed by atoms with Crippen molar-refractivity contribution in [1.82, 2.24) is 19.9 Å². The largest absolute Gasteiger partial charge is 0.497 e. The first-order valence-corrected chi connectivity index (χ1v) is 10.8. The molecule has 3 aromatic rings. The highest BCUT2D eigenvalue weighted by atomic mass is 16.5. The Morgan fingerprint density at radius 3 is 2.32 bits per heavy atom. The van der Waals surface area contributed by atoms with Crippen LogP contribution in [-0.4, -0.2) is 59.3 Å². The summed E-state index contributed by atoms with van der Waals surface area (Å²) in [6.07, 6.45) is 0.189. The smallest absolute Gasteiger partial charge is 0.241 e. The highest BCUT2D eigenvalue weighted by Crippen LogP contribution is 2.21. The average Bonchev–Trinajstić information content (AvgIpc) is 3.23. The van der Waals surface area contributed by atoms with Gasteiger partial charge >= 0.3 is 0 Å². The Balaban J connectivity index is 1.27. The normalized spacial score (nSPS) is 15.4. The van der Waals surface area contributed by atoms with Gasteiger partial charge in [-0.25, -0.2) is 0 Å². The van der Waals surface area contributed by atoms with Crippen molar-refractivity contribution in [3.05, 3.63) is 60.0 Å². The molecule has 1 aliphatic heterocycles. The number of aromatic nitrogens is 2. The van der Waals surface area contributed by atoms with Crippen LogP contribution >= 0.6 is 0 Å². The zero-order valence-electron chi connectivity index (χ0n) is 18.5. The maximum Gasteiger partial charge on any atom is 0.241 e. The summed E-state index contributed by atoms with van der Waals surface area (Å²) in [6, 6.07) is 16.1. The lowest BCUT2D eigenvalue weighted by Crippen LogP contribution is -2.45. The summed E-state index contributed by atoms with van der Waals surface area (Å²) < 4.78 is 16.5.